The normalized spacial score (nSPS) is 11.6. The topological polar surface area (TPSA) is 66.5 Å². The highest BCUT2D eigenvalue weighted by molar-refractivity contribution is 7.88. The number of amides is 1. The quantitative estimate of drug-likeness (QED) is 0.777. The second-order valence-corrected chi connectivity index (χ2v) is 8.76. The molecule has 0 spiro atoms. The molecule has 0 bridgehead atoms. The number of carbonyl (C=O) groups excluding carboxylic acids is 1. The summed E-state index contributed by atoms with van der Waals surface area (Å²) in [6.07, 6.45) is 1.22. The van der Waals surface area contributed by atoms with Crippen LogP contribution < -0.4 is 5.32 Å². The van der Waals surface area contributed by atoms with E-state index in [9.17, 15) is 13.2 Å². The maximum Gasteiger partial charge on any atom is 0.225 e. The van der Waals surface area contributed by atoms with Crippen molar-refractivity contribution in [2.75, 3.05) is 18.1 Å². The SMILES string of the molecule is Cc1ccc(C)c(NC(=O)CCN(Cc2ccc(Cl)cc2)S(C)(=O)=O)c1. The zero-order valence-electron chi connectivity index (χ0n) is 15.1. The van der Waals surface area contributed by atoms with Gasteiger partial charge in [-0.05, 0) is 48.7 Å². The van der Waals surface area contributed by atoms with Crippen molar-refractivity contribution >= 4 is 33.2 Å². The van der Waals surface area contributed by atoms with Crippen molar-refractivity contribution in [1.29, 1.82) is 0 Å². The molecule has 0 radical (unpaired) electrons. The first kappa shape index (κ1) is 20.4. The summed E-state index contributed by atoms with van der Waals surface area (Å²) in [4.78, 5) is 12.3. The van der Waals surface area contributed by atoms with Crippen molar-refractivity contribution in [3.05, 3.63) is 64.2 Å². The van der Waals surface area contributed by atoms with Crippen molar-refractivity contribution in [3.63, 3.8) is 0 Å². The van der Waals surface area contributed by atoms with Crippen LogP contribution >= 0.6 is 11.6 Å². The minimum atomic E-state index is -3.44. The van der Waals surface area contributed by atoms with Crippen LogP contribution in [0.3, 0.4) is 0 Å². The van der Waals surface area contributed by atoms with Gasteiger partial charge in [-0.15, -0.1) is 0 Å². The first-order chi connectivity index (χ1) is 12.1. The molecule has 0 atom stereocenters. The molecule has 0 aliphatic rings. The maximum absolute atomic E-state index is 12.3. The lowest BCUT2D eigenvalue weighted by molar-refractivity contribution is -0.116. The van der Waals surface area contributed by atoms with Gasteiger partial charge in [-0.25, -0.2) is 8.42 Å². The van der Waals surface area contributed by atoms with Crippen LogP contribution in [0.5, 0.6) is 0 Å². The second-order valence-electron chi connectivity index (χ2n) is 6.34. The Morgan fingerprint density at radius 2 is 1.77 bits per heavy atom. The van der Waals surface area contributed by atoms with Gasteiger partial charge in [0.25, 0.3) is 0 Å². The van der Waals surface area contributed by atoms with E-state index in [0.717, 1.165) is 28.6 Å². The Labute approximate surface area is 160 Å². The molecule has 140 valence electrons. The van der Waals surface area contributed by atoms with Gasteiger partial charge >= 0.3 is 0 Å². The molecule has 1 amide bonds. The molecule has 2 aromatic carbocycles. The van der Waals surface area contributed by atoms with Gasteiger partial charge in [-0.3, -0.25) is 4.79 Å². The number of nitrogens with one attached hydrogen (secondary N) is 1. The van der Waals surface area contributed by atoms with Gasteiger partial charge in [-0.1, -0.05) is 35.9 Å². The molecule has 0 saturated heterocycles. The lowest BCUT2D eigenvalue weighted by Gasteiger charge is -2.20. The summed E-state index contributed by atoms with van der Waals surface area (Å²) in [7, 11) is -3.44. The Balaban J connectivity index is 2.01. The molecule has 0 aromatic heterocycles. The second kappa shape index (κ2) is 8.66. The van der Waals surface area contributed by atoms with Gasteiger partial charge in [0.2, 0.25) is 15.9 Å². The van der Waals surface area contributed by atoms with Crippen LogP contribution in [0.2, 0.25) is 5.02 Å². The average molecular weight is 395 g/mol. The van der Waals surface area contributed by atoms with E-state index in [-0.39, 0.29) is 25.4 Å². The minimum Gasteiger partial charge on any atom is -0.326 e. The monoisotopic (exact) mass is 394 g/mol. The number of aryl methyl sites for hydroxylation is 2. The van der Waals surface area contributed by atoms with Crippen molar-refractivity contribution in [1.82, 2.24) is 4.31 Å². The highest BCUT2D eigenvalue weighted by Gasteiger charge is 2.18. The molecule has 7 heteroatoms. The highest BCUT2D eigenvalue weighted by atomic mass is 35.5. The van der Waals surface area contributed by atoms with Gasteiger partial charge in [0, 0.05) is 30.2 Å². The highest BCUT2D eigenvalue weighted by Crippen LogP contribution is 2.17. The molecule has 26 heavy (non-hydrogen) atoms. The summed E-state index contributed by atoms with van der Waals surface area (Å²) in [6, 6.07) is 12.8. The summed E-state index contributed by atoms with van der Waals surface area (Å²) in [6.45, 7) is 4.18. The van der Waals surface area contributed by atoms with Crippen molar-refractivity contribution in [3.8, 4) is 0 Å². The third-order valence-electron chi connectivity index (χ3n) is 4.00. The first-order valence-electron chi connectivity index (χ1n) is 8.22. The predicted octanol–water partition coefficient (Wildman–Crippen LogP) is 3.75. The van der Waals surface area contributed by atoms with E-state index in [4.69, 9.17) is 11.6 Å². The van der Waals surface area contributed by atoms with Gasteiger partial charge in [0.1, 0.15) is 0 Å². The summed E-state index contributed by atoms with van der Waals surface area (Å²) < 4.78 is 25.4. The van der Waals surface area contributed by atoms with Crippen molar-refractivity contribution in [2.24, 2.45) is 0 Å². The molecule has 0 aliphatic heterocycles. The number of nitrogens with zero attached hydrogens (tertiary/aromatic N) is 1. The molecule has 1 N–H and O–H groups in total. The number of benzene rings is 2. The fourth-order valence-electron chi connectivity index (χ4n) is 2.47. The van der Waals surface area contributed by atoms with E-state index < -0.39 is 10.0 Å². The van der Waals surface area contributed by atoms with Crippen LogP contribution in [0.1, 0.15) is 23.1 Å². The summed E-state index contributed by atoms with van der Waals surface area (Å²) in [5, 5.41) is 3.44. The molecule has 5 nitrogen and oxygen atoms in total. The van der Waals surface area contributed by atoms with E-state index in [1.807, 2.05) is 32.0 Å². The Hall–Kier alpha value is -1.89. The average Bonchev–Trinajstić information content (AvgIpc) is 2.55. The molecule has 0 fully saturated rings. The first-order valence-corrected chi connectivity index (χ1v) is 10.4. The molecule has 2 aromatic rings. The van der Waals surface area contributed by atoms with Gasteiger partial charge in [-0.2, -0.15) is 4.31 Å². The number of anilines is 1. The van der Waals surface area contributed by atoms with E-state index in [1.165, 1.54) is 4.31 Å². The number of hydrogen-bond acceptors (Lipinski definition) is 3. The molecule has 0 saturated carbocycles. The molecular formula is C19H23ClN2O3S. The van der Waals surface area contributed by atoms with Crippen molar-refractivity contribution < 1.29 is 13.2 Å². The predicted molar refractivity (Wildman–Crippen MR) is 106 cm³/mol. The summed E-state index contributed by atoms with van der Waals surface area (Å²) >= 11 is 5.86. The summed E-state index contributed by atoms with van der Waals surface area (Å²) in [5.74, 6) is -0.219. The fourth-order valence-corrected chi connectivity index (χ4v) is 3.40. The van der Waals surface area contributed by atoms with E-state index >= 15 is 0 Å². The number of rotatable bonds is 7. The van der Waals surface area contributed by atoms with Crippen LogP contribution in [-0.2, 0) is 21.4 Å². The van der Waals surface area contributed by atoms with Gasteiger partial charge < -0.3 is 5.32 Å². The zero-order valence-corrected chi connectivity index (χ0v) is 16.7. The third kappa shape index (κ3) is 6.12. The van der Waals surface area contributed by atoms with Crippen LogP contribution in [0.15, 0.2) is 42.5 Å². The number of hydrogen-bond donors (Lipinski definition) is 1. The lowest BCUT2D eigenvalue weighted by Crippen LogP contribution is -2.32. The Bertz CT molecular complexity index is 880. The molecule has 2 rings (SSSR count). The number of carbonyl (C=O) groups is 1. The van der Waals surface area contributed by atoms with E-state index in [2.05, 4.69) is 5.32 Å². The smallest absolute Gasteiger partial charge is 0.225 e. The zero-order chi connectivity index (χ0) is 19.3. The molecule has 0 unspecified atom stereocenters. The molecule has 0 heterocycles. The van der Waals surface area contributed by atoms with Crippen LogP contribution in [0.25, 0.3) is 0 Å². The lowest BCUT2D eigenvalue weighted by atomic mass is 10.1. The van der Waals surface area contributed by atoms with Crippen LogP contribution in [-0.4, -0.2) is 31.4 Å². The number of sulfonamides is 1. The standard InChI is InChI=1S/C19H23ClN2O3S/c1-14-4-5-15(2)18(12-14)21-19(23)10-11-22(26(3,24)25)13-16-6-8-17(20)9-7-16/h4-9,12H,10-11,13H2,1-3H3,(H,21,23). The Kier molecular flexibility index (Phi) is 6.81. The largest absolute Gasteiger partial charge is 0.326 e. The van der Waals surface area contributed by atoms with Crippen LogP contribution in [0, 0.1) is 13.8 Å². The number of halogens is 1. The van der Waals surface area contributed by atoms with E-state index in [1.54, 1.807) is 24.3 Å². The van der Waals surface area contributed by atoms with Gasteiger partial charge in [0.05, 0.1) is 6.26 Å². The minimum absolute atomic E-state index is 0.0774. The molecule has 0 aliphatic carbocycles. The third-order valence-corrected chi connectivity index (χ3v) is 5.50. The summed E-state index contributed by atoms with van der Waals surface area (Å²) in [5.41, 5.74) is 3.57. The fraction of sp³-hybridized carbons (Fsp3) is 0.316. The Morgan fingerprint density at radius 1 is 1.12 bits per heavy atom. The van der Waals surface area contributed by atoms with Gasteiger partial charge in [0.15, 0.2) is 0 Å². The maximum atomic E-state index is 12.3. The van der Waals surface area contributed by atoms with Crippen LogP contribution in [0.4, 0.5) is 5.69 Å². The van der Waals surface area contributed by atoms with E-state index in [0.29, 0.717) is 5.02 Å². The van der Waals surface area contributed by atoms with Crippen molar-refractivity contribution in [2.45, 2.75) is 26.8 Å². The molecular weight excluding hydrogens is 372 g/mol. The Morgan fingerprint density at radius 3 is 2.38 bits per heavy atom.